The van der Waals surface area contributed by atoms with Crippen molar-refractivity contribution in [2.75, 3.05) is 20.7 Å². The third-order valence-corrected chi connectivity index (χ3v) is 1.33. The van der Waals surface area contributed by atoms with E-state index in [2.05, 4.69) is 20.8 Å². The molecule has 0 aromatic carbocycles. The molecule has 0 bridgehead atoms. The van der Waals surface area contributed by atoms with E-state index in [1.54, 1.807) is 0 Å². The van der Waals surface area contributed by atoms with Crippen LogP contribution >= 0.6 is 0 Å². The summed E-state index contributed by atoms with van der Waals surface area (Å²) in [5.74, 6) is 1.04. The third-order valence-electron chi connectivity index (χ3n) is 1.33. The Labute approximate surface area is 69.9 Å². The topological polar surface area (TPSA) is 12.2 Å². The predicted octanol–water partition coefficient (Wildman–Crippen LogP) is 1.74. The van der Waals surface area contributed by atoms with Crippen LogP contribution in [0.3, 0.4) is 0 Å². The van der Waals surface area contributed by atoms with Crippen LogP contribution in [0.25, 0.3) is 0 Å². The molecule has 0 aromatic rings. The maximum atomic E-state index is 5.51. The standard InChI is InChI=1S/C9H20NO/c1-7-11-8(10(5)6)9(2,3)4/h7H2,1-6H3/q+1. The van der Waals surface area contributed by atoms with E-state index in [1.807, 2.05) is 25.6 Å². The van der Waals surface area contributed by atoms with Gasteiger partial charge in [-0.1, -0.05) is 0 Å². The zero-order valence-corrected chi connectivity index (χ0v) is 8.56. The van der Waals surface area contributed by atoms with Gasteiger partial charge in [-0.15, -0.1) is 0 Å². The van der Waals surface area contributed by atoms with E-state index in [0.717, 1.165) is 12.5 Å². The van der Waals surface area contributed by atoms with E-state index in [0.29, 0.717) is 0 Å². The van der Waals surface area contributed by atoms with E-state index in [9.17, 15) is 0 Å². The molecule has 0 spiro atoms. The van der Waals surface area contributed by atoms with Crippen molar-refractivity contribution in [3.8, 4) is 0 Å². The fraction of sp³-hybridized carbons (Fsp3) is 0.889. The highest BCUT2D eigenvalue weighted by Crippen LogP contribution is 2.15. The number of hydrogen-bond donors (Lipinski definition) is 0. The minimum atomic E-state index is 0.111. The molecule has 0 rings (SSSR count). The molecule has 0 saturated carbocycles. The molecule has 0 fully saturated rings. The Morgan fingerprint density at radius 3 is 1.82 bits per heavy atom. The van der Waals surface area contributed by atoms with Crippen molar-refractivity contribution in [1.82, 2.24) is 0 Å². The lowest BCUT2D eigenvalue weighted by molar-refractivity contribution is -0.479. The van der Waals surface area contributed by atoms with Crippen molar-refractivity contribution >= 4 is 5.90 Å². The van der Waals surface area contributed by atoms with Gasteiger partial charge in [0.1, 0.15) is 14.1 Å². The summed E-state index contributed by atoms with van der Waals surface area (Å²) in [4.78, 5) is 0. The highest BCUT2D eigenvalue weighted by molar-refractivity contribution is 5.76. The molecule has 0 aliphatic rings. The Bertz CT molecular complexity index is 149. The van der Waals surface area contributed by atoms with Gasteiger partial charge < -0.3 is 4.74 Å². The molecule has 66 valence electrons. The number of hydrogen-bond acceptors (Lipinski definition) is 1. The van der Waals surface area contributed by atoms with Gasteiger partial charge in [-0.25, -0.2) is 4.58 Å². The normalized spacial score (nSPS) is 11.1. The van der Waals surface area contributed by atoms with E-state index < -0.39 is 0 Å². The first-order valence-corrected chi connectivity index (χ1v) is 4.07. The number of ether oxygens (including phenoxy) is 1. The number of nitrogens with zero attached hydrogens (tertiary/aromatic N) is 1. The van der Waals surface area contributed by atoms with Crippen molar-refractivity contribution < 1.29 is 9.31 Å². The van der Waals surface area contributed by atoms with Gasteiger partial charge in [-0.2, -0.15) is 0 Å². The average molecular weight is 158 g/mol. The molecule has 0 aliphatic carbocycles. The molecule has 0 aliphatic heterocycles. The van der Waals surface area contributed by atoms with Crippen molar-refractivity contribution in [3.05, 3.63) is 0 Å². The summed E-state index contributed by atoms with van der Waals surface area (Å²) in [6, 6.07) is 0. The van der Waals surface area contributed by atoms with Crippen molar-refractivity contribution in [1.29, 1.82) is 0 Å². The maximum absolute atomic E-state index is 5.51. The average Bonchev–Trinajstić information content (AvgIpc) is 1.79. The van der Waals surface area contributed by atoms with Crippen molar-refractivity contribution in [3.63, 3.8) is 0 Å². The second-order valence-electron chi connectivity index (χ2n) is 3.88. The third kappa shape index (κ3) is 3.40. The molecule has 0 radical (unpaired) electrons. The molecule has 0 saturated heterocycles. The zero-order valence-electron chi connectivity index (χ0n) is 8.56. The summed E-state index contributed by atoms with van der Waals surface area (Å²) in [5.41, 5.74) is 0.111. The Hall–Kier alpha value is -0.530. The van der Waals surface area contributed by atoms with Gasteiger partial charge >= 0.3 is 5.90 Å². The highest BCUT2D eigenvalue weighted by atomic mass is 16.5. The Morgan fingerprint density at radius 2 is 1.73 bits per heavy atom. The van der Waals surface area contributed by atoms with Crippen LogP contribution in [0.4, 0.5) is 0 Å². The summed E-state index contributed by atoms with van der Waals surface area (Å²) in [6.07, 6.45) is 0. The summed E-state index contributed by atoms with van der Waals surface area (Å²) >= 11 is 0. The molecular weight excluding hydrogens is 138 g/mol. The largest absolute Gasteiger partial charge is 0.448 e. The molecule has 0 amide bonds. The van der Waals surface area contributed by atoms with Crippen molar-refractivity contribution in [2.24, 2.45) is 5.41 Å². The predicted molar refractivity (Wildman–Crippen MR) is 48.2 cm³/mol. The van der Waals surface area contributed by atoms with Gasteiger partial charge in [0, 0.05) is 0 Å². The van der Waals surface area contributed by atoms with Crippen LogP contribution in [-0.4, -0.2) is 31.2 Å². The molecule has 0 aromatic heterocycles. The first-order chi connectivity index (χ1) is 4.89. The second kappa shape index (κ2) is 3.74. The van der Waals surface area contributed by atoms with Gasteiger partial charge in [0.15, 0.2) is 0 Å². The smallest absolute Gasteiger partial charge is 0.341 e. The van der Waals surface area contributed by atoms with Crippen LogP contribution in [-0.2, 0) is 4.74 Å². The zero-order chi connectivity index (χ0) is 9.07. The molecule has 11 heavy (non-hydrogen) atoms. The Kier molecular flexibility index (Phi) is 3.56. The van der Waals surface area contributed by atoms with Gasteiger partial charge in [0.25, 0.3) is 0 Å². The van der Waals surface area contributed by atoms with Gasteiger partial charge in [-0.3, -0.25) is 0 Å². The summed E-state index contributed by atoms with van der Waals surface area (Å²) in [7, 11) is 4.02. The molecule has 0 unspecified atom stereocenters. The van der Waals surface area contributed by atoms with Crippen molar-refractivity contribution in [2.45, 2.75) is 27.7 Å². The minimum absolute atomic E-state index is 0.111. The van der Waals surface area contributed by atoms with Gasteiger partial charge in [0.05, 0.1) is 12.0 Å². The first kappa shape index (κ1) is 10.5. The highest BCUT2D eigenvalue weighted by Gasteiger charge is 2.27. The molecular formula is C9H20NO+. The van der Waals surface area contributed by atoms with Crippen LogP contribution in [0.15, 0.2) is 0 Å². The second-order valence-corrected chi connectivity index (χ2v) is 3.88. The fourth-order valence-electron chi connectivity index (χ4n) is 1.15. The first-order valence-electron chi connectivity index (χ1n) is 4.07. The van der Waals surface area contributed by atoms with Crippen LogP contribution in [0, 0.1) is 5.41 Å². The number of rotatable bonds is 1. The monoisotopic (exact) mass is 158 g/mol. The maximum Gasteiger partial charge on any atom is 0.341 e. The van der Waals surface area contributed by atoms with E-state index in [-0.39, 0.29) is 5.41 Å². The lowest BCUT2D eigenvalue weighted by atomic mass is 9.96. The quantitative estimate of drug-likeness (QED) is 0.321. The fourth-order valence-corrected chi connectivity index (χ4v) is 1.15. The molecule has 0 N–H and O–H groups in total. The molecule has 0 heterocycles. The summed E-state index contributed by atoms with van der Waals surface area (Å²) in [6.45, 7) is 9.20. The SMILES string of the molecule is CCOC(=[N+](C)C)C(C)(C)C. The lowest BCUT2D eigenvalue weighted by Gasteiger charge is -2.17. The summed E-state index contributed by atoms with van der Waals surface area (Å²) < 4.78 is 7.54. The minimum Gasteiger partial charge on any atom is -0.448 e. The Morgan fingerprint density at radius 1 is 1.27 bits per heavy atom. The molecule has 2 nitrogen and oxygen atoms in total. The van der Waals surface area contributed by atoms with E-state index in [4.69, 9.17) is 4.74 Å². The molecule has 2 heteroatoms. The van der Waals surface area contributed by atoms with Gasteiger partial charge in [-0.05, 0) is 27.7 Å². The van der Waals surface area contributed by atoms with E-state index in [1.165, 1.54) is 0 Å². The van der Waals surface area contributed by atoms with Gasteiger partial charge in [0.2, 0.25) is 0 Å². The van der Waals surface area contributed by atoms with Crippen LogP contribution in [0.5, 0.6) is 0 Å². The van der Waals surface area contributed by atoms with E-state index >= 15 is 0 Å². The summed E-state index contributed by atoms with van der Waals surface area (Å²) in [5, 5.41) is 0. The molecule has 0 atom stereocenters. The Balaban J connectivity index is 4.50. The van der Waals surface area contributed by atoms with Crippen LogP contribution < -0.4 is 0 Å². The van der Waals surface area contributed by atoms with Crippen LogP contribution in [0.2, 0.25) is 0 Å². The van der Waals surface area contributed by atoms with Crippen LogP contribution in [0.1, 0.15) is 27.7 Å². The lowest BCUT2D eigenvalue weighted by Crippen LogP contribution is -2.30.